The first-order valence-electron chi connectivity index (χ1n) is 2.65. The third kappa shape index (κ3) is 2.53. The molecule has 0 radical (unpaired) electrons. The third-order valence-electron chi connectivity index (χ3n) is 1.03. The molecular weight excluding hydrogens is 145 g/mol. The normalized spacial score (nSPS) is 8.64. The molecule has 0 unspecified atom stereocenters. The summed E-state index contributed by atoms with van der Waals surface area (Å²) in [5.41, 5.74) is 0. The fourth-order valence-corrected chi connectivity index (χ4v) is 0.588. The number of methoxy groups -OCH3 is 1. The molecule has 0 saturated heterocycles. The topological polar surface area (TPSA) is 9.23 Å². The summed E-state index contributed by atoms with van der Waals surface area (Å²) in [6.45, 7) is 0. The molecule has 54 valence electrons. The number of rotatable bonds is 1. The molecule has 1 nitrogen and oxygen atoms in total. The van der Waals surface area contributed by atoms with Crippen LogP contribution in [0.1, 0.15) is 0 Å². The zero-order chi connectivity index (χ0) is 7.56. The summed E-state index contributed by atoms with van der Waals surface area (Å²) in [5.74, 6) is -1.46. The molecule has 0 heterocycles. The van der Waals surface area contributed by atoms with Gasteiger partial charge in [-0.05, 0) is 0 Å². The molecule has 0 fully saturated rings. The summed E-state index contributed by atoms with van der Waals surface area (Å²) in [6.07, 6.45) is 0. The molecule has 0 bridgehead atoms. The van der Waals surface area contributed by atoms with Crippen LogP contribution in [0.3, 0.4) is 0 Å². The predicted molar refractivity (Wildman–Crippen MR) is 31.7 cm³/mol. The Kier molecular flexibility index (Phi) is 4.17. The summed E-state index contributed by atoms with van der Waals surface area (Å²) in [5, 5.41) is 0. The van der Waals surface area contributed by atoms with Gasteiger partial charge in [-0.2, -0.15) is 0 Å². The molecule has 11 heavy (non-hydrogen) atoms. The molecule has 0 aromatic heterocycles. The second-order valence-electron chi connectivity index (χ2n) is 1.70. The summed E-state index contributed by atoms with van der Waals surface area (Å²) >= 11 is 0. The maximum atomic E-state index is 12.5. The SMILES string of the molecule is COc1[c-]cc(F)cc1F.[Li+]. The van der Waals surface area contributed by atoms with Gasteiger partial charge in [0, 0.05) is 11.6 Å². The Morgan fingerprint density at radius 1 is 1.45 bits per heavy atom. The molecule has 4 heteroatoms. The monoisotopic (exact) mass is 150 g/mol. The first-order chi connectivity index (χ1) is 4.74. The van der Waals surface area contributed by atoms with E-state index in [1.54, 1.807) is 0 Å². The van der Waals surface area contributed by atoms with Crippen LogP contribution < -0.4 is 23.6 Å². The second kappa shape index (κ2) is 4.37. The summed E-state index contributed by atoms with van der Waals surface area (Å²) < 4.78 is 29.1. The van der Waals surface area contributed by atoms with Crippen LogP contribution in [-0.2, 0) is 0 Å². The largest absolute Gasteiger partial charge is 1.00 e. The van der Waals surface area contributed by atoms with Crippen molar-refractivity contribution in [3.63, 3.8) is 0 Å². The number of hydrogen-bond donors (Lipinski definition) is 0. The van der Waals surface area contributed by atoms with Crippen LogP contribution in [0.25, 0.3) is 0 Å². The van der Waals surface area contributed by atoms with Crippen molar-refractivity contribution in [3.05, 3.63) is 29.8 Å². The Bertz CT molecular complexity index is 240. The van der Waals surface area contributed by atoms with Gasteiger partial charge >= 0.3 is 18.9 Å². The van der Waals surface area contributed by atoms with Crippen LogP contribution in [-0.4, -0.2) is 7.11 Å². The van der Waals surface area contributed by atoms with Crippen molar-refractivity contribution < 1.29 is 32.4 Å². The molecule has 1 rings (SSSR count). The molecule has 0 aliphatic carbocycles. The zero-order valence-corrected chi connectivity index (χ0v) is 6.32. The van der Waals surface area contributed by atoms with Crippen LogP contribution in [0.5, 0.6) is 5.75 Å². The van der Waals surface area contributed by atoms with Crippen molar-refractivity contribution in [2.24, 2.45) is 0 Å². The molecule has 1 aromatic carbocycles. The Labute approximate surface area is 75.5 Å². The molecule has 0 spiro atoms. The van der Waals surface area contributed by atoms with Gasteiger partial charge in [0.25, 0.3) is 0 Å². The maximum Gasteiger partial charge on any atom is 1.00 e. The molecule has 0 aliphatic heterocycles. The molecule has 0 saturated carbocycles. The van der Waals surface area contributed by atoms with E-state index >= 15 is 0 Å². The minimum Gasteiger partial charge on any atom is -0.520 e. The first-order valence-corrected chi connectivity index (χ1v) is 2.65. The average molecular weight is 150 g/mol. The van der Waals surface area contributed by atoms with E-state index in [4.69, 9.17) is 0 Å². The number of halogens is 2. The Morgan fingerprint density at radius 2 is 2.09 bits per heavy atom. The standard InChI is InChI=1S/C7H5F2O.Li/c1-10-7-3-2-5(8)4-6(7)9;/h2,4H,1H3;/q-1;+1. The fraction of sp³-hybridized carbons (Fsp3) is 0.143. The molecular formula is C7H5F2LiO. The van der Waals surface area contributed by atoms with E-state index < -0.39 is 11.6 Å². The summed E-state index contributed by atoms with van der Waals surface area (Å²) in [4.78, 5) is 0. The molecule has 0 amide bonds. The van der Waals surface area contributed by atoms with Crippen molar-refractivity contribution in [1.29, 1.82) is 0 Å². The van der Waals surface area contributed by atoms with Crippen LogP contribution in [0.4, 0.5) is 8.78 Å². The van der Waals surface area contributed by atoms with E-state index in [9.17, 15) is 8.78 Å². The van der Waals surface area contributed by atoms with E-state index in [2.05, 4.69) is 10.8 Å². The summed E-state index contributed by atoms with van der Waals surface area (Å²) in [7, 11) is 1.30. The van der Waals surface area contributed by atoms with Gasteiger partial charge in [-0.1, -0.05) is 6.07 Å². The fourth-order valence-electron chi connectivity index (χ4n) is 0.588. The van der Waals surface area contributed by atoms with Crippen LogP contribution in [0.15, 0.2) is 12.1 Å². The van der Waals surface area contributed by atoms with Gasteiger partial charge in [-0.3, -0.25) is 8.78 Å². The molecule has 0 atom stereocenters. The third-order valence-corrected chi connectivity index (χ3v) is 1.03. The van der Waals surface area contributed by atoms with Crippen LogP contribution >= 0.6 is 0 Å². The average Bonchev–Trinajstić information content (AvgIpc) is 1.88. The van der Waals surface area contributed by atoms with Gasteiger partial charge in [-0.25, -0.2) is 0 Å². The Balaban J connectivity index is 0.000001000. The van der Waals surface area contributed by atoms with Gasteiger partial charge in [0.05, 0.1) is 12.9 Å². The zero-order valence-electron chi connectivity index (χ0n) is 6.32. The minimum atomic E-state index is -0.734. The van der Waals surface area contributed by atoms with E-state index in [0.29, 0.717) is 0 Å². The maximum absolute atomic E-state index is 12.5. The van der Waals surface area contributed by atoms with E-state index in [-0.39, 0.29) is 24.6 Å². The van der Waals surface area contributed by atoms with Crippen molar-refractivity contribution in [3.8, 4) is 5.75 Å². The Hall–Kier alpha value is -0.523. The molecule has 0 aliphatic rings. The van der Waals surface area contributed by atoms with Gasteiger partial charge in [0.1, 0.15) is 0 Å². The van der Waals surface area contributed by atoms with Crippen molar-refractivity contribution >= 4 is 0 Å². The molecule has 1 aromatic rings. The van der Waals surface area contributed by atoms with Crippen molar-refractivity contribution in [2.75, 3.05) is 7.11 Å². The summed E-state index contributed by atoms with van der Waals surface area (Å²) in [6, 6.07) is 4.04. The predicted octanol–water partition coefficient (Wildman–Crippen LogP) is -1.22. The quantitative estimate of drug-likeness (QED) is 0.360. The van der Waals surface area contributed by atoms with E-state index in [0.717, 1.165) is 12.1 Å². The van der Waals surface area contributed by atoms with Gasteiger partial charge in [0.2, 0.25) is 0 Å². The van der Waals surface area contributed by atoms with Gasteiger partial charge < -0.3 is 4.74 Å². The van der Waals surface area contributed by atoms with Crippen molar-refractivity contribution in [2.45, 2.75) is 0 Å². The van der Waals surface area contributed by atoms with Crippen molar-refractivity contribution in [1.82, 2.24) is 0 Å². The number of hydrogen-bond acceptors (Lipinski definition) is 1. The Morgan fingerprint density at radius 3 is 2.55 bits per heavy atom. The van der Waals surface area contributed by atoms with Gasteiger partial charge in [0.15, 0.2) is 0 Å². The first kappa shape index (κ1) is 10.5. The number of ether oxygens (including phenoxy) is 1. The van der Waals surface area contributed by atoms with Crippen LogP contribution in [0.2, 0.25) is 0 Å². The smallest absolute Gasteiger partial charge is 0.520 e. The second-order valence-corrected chi connectivity index (χ2v) is 1.70. The van der Waals surface area contributed by atoms with Gasteiger partial charge in [-0.15, -0.1) is 12.1 Å². The minimum absolute atomic E-state index is 0. The van der Waals surface area contributed by atoms with E-state index in [1.807, 2.05) is 0 Å². The molecule has 0 N–H and O–H groups in total. The van der Waals surface area contributed by atoms with E-state index in [1.165, 1.54) is 7.11 Å². The van der Waals surface area contributed by atoms with Crippen LogP contribution in [0, 0.1) is 17.7 Å². The number of benzene rings is 1.